The lowest BCUT2D eigenvalue weighted by atomic mass is 10.2. The maximum Gasteiger partial charge on any atom is 0.269 e. The van der Waals surface area contributed by atoms with E-state index in [0.717, 1.165) is 0 Å². The number of aliphatic hydroxyl groups is 1. The largest absolute Gasteiger partial charge is 0.395 e. The molecule has 0 amide bonds. The van der Waals surface area contributed by atoms with Gasteiger partial charge < -0.3 is 5.11 Å². The molecule has 2 atom stereocenters. The second-order valence-electron chi connectivity index (χ2n) is 4.55. The Bertz CT molecular complexity index is 570. The van der Waals surface area contributed by atoms with E-state index in [-0.39, 0.29) is 23.3 Å². The summed E-state index contributed by atoms with van der Waals surface area (Å²) in [5.74, 6) is -0.262. The average Bonchev–Trinajstić information content (AvgIpc) is 2.39. The lowest BCUT2D eigenvalue weighted by Gasteiger charge is -2.21. The van der Waals surface area contributed by atoms with Crippen molar-refractivity contribution in [1.29, 1.82) is 0 Å². The first-order chi connectivity index (χ1) is 9.79. The van der Waals surface area contributed by atoms with Gasteiger partial charge in [0.15, 0.2) is 0 Å². The molecule has 1 aromatic rings. The van der Waals surface area contributed by atoms with Crippen LogP contribution in [0.3, 0.4) is 0 Å². The molecule has 0 heterocycles. The van der Waals surface area contributed by atoms with Crippen LogP contribution in [0.25, 0.3) is 0 Å². The number of hydrogen-bond acceptors (Lipinski definition) is 6. The number of non-ortho nitro benzene ring substituents is 1. The molecule has 21 heavy (non-hydrogen) atoms. The molecule has 0 saturated heterocycles. The molecule has 1 aromatic carbocycles. The summed E-state index contributed by atoms with van der Waals surface area (Å²) in [6.45, 7) is 1.56. The van der Waals surface area contributed by atoms with E-state index >= 15 is 0 Å². The Morgan fingerprint density at radius 3 is 2.38 bits per heavy atom. The SMILES string of the molecule is CSC(CO)C(C)NS(=O)(=O)Cc1ccc([N+](=O)[O-])cc1. The summed E-state index contributed by atoms with van der Waals surface area (Å²) in [5, 5.41) is 19.5. The predicted octanol–water partition coefficient (Wildman–Crippen LogP) is 1.13. The van der Waals surface area contributed by atoms with Crippen LogP contribution in [0.4, 0.5) is 5.69 Å². The van der Waals surface area contributed by atoms with Crippen molar-refractivity contribution in [1.82, 2.24) is 4.72 Å². The van der Waals surface area contributed by atoms with Crippen LogP contribution in [0.5, 0.6) is 0 Å². The standard InChI is InChI=1S/C12H18N2O5S2/c1-9(12(7-15)20-2)13-21(18,19)8-10-3-5-11(6-4-10)14(16)17/h3-6,9,12-13,15H,7-8H2,1-2H3. The molecule has 0 spiro atoms. The zero-order valence-corrected chi connectivity index (χ0v) is 13.4. The van der Waals surface area contributed by atoms with E-state index in [1.54, 1.807) is 13.2 Å². The number of rotatable bonds is 8. The molecule has 0 radical (unpaired) electrons. The van der Waals surface area contributed by atoms with Crippen molar-refractivity contribution in [3.8, 4) is 0 Å². The topological polar surface area (TPSA) is 110 Å². The van der Waals surface area contributed by atoms with E-state index < -0.39 is 21.0 Å². The fourth-order valence-electron chi connectivity index (χ4n) is 1.77. The summed E-state index contributed by atoms with van der Waals surface area (Å²) in [4.78, 5) is 9.99. The number of nitro groups is 1. The molecular formula is C12H18N2O5S2. The highest BCUT2D eigenvalue weighted by Crippen LogP contribution is 2.15. The molecule has 2 unspecified atom stereocenters. The number of nitrogens with one attached hydrogen (secondary N) is 1. The van der Waals surface area contributed by atoms with E-state index in [0.29, 0.717) is 5.56 Å². The summed E-state index contributed by atoms with van der Waals surface area (Å²) in [6, 6.07) is 4.97. The first-order valence-corrected chi connectivity index (χ1v) is 9.10. The lowest BCUT2D eigenvalue weighted by molar-refractivity contribution is -0.384. The van der Waals surface area contributed by atoms with Crippen LogP contribution in [-0.2, 0) is 15.8 Å². The van der Waals surface area contributed by atoms with Crippen LogP contribution in [0.15, 0.2) is 24.3 Å². The molecule has 0 saturated carbocycles. The van der Waals surface area contributed by atoms with Crippen molar-refractivity contribution in [3.63, 3.8) is 0 Å². The van der Waals surface area contributed by atoms with Crippen molar-refractivity contribution in [2.45, 2.75) is 24.0 Å². The fourth-order valence-corrected chi connectivity index (χ4v) is 3.93. The van der Waals surface area contributed by atoms with E-state index in [2.05, 4.69) is 4.72 Å². The first-order valence-electron chi connectivity index (χ1n) is 6.16. The summed E-state index contributed by atoms with van der Waals surface area (Å²) in [6.07, 6.45) is 1.79. The maximum atomic E-state index is 12.0. The second-order valence-corrected chi connectivity index (χ2v) is 7.38. The molecule has 0 aliphatic heterocycles. The summed E-state index contributed by atoms with van der Waals surface area (Å²) < 4.78 is 26.6. The molecular weight excluding hydrogens is 316 g/mol. The van der Waals surface area contributed by atoms with Gasteiger partial charge in [0.2, 0.25) is 10.0 Å². The quantitative estimate of drug-likeness (QED) is 0.545. The molecule has 0 aliphatic rings. The normalized spacial score (nSPS) is 14.6. The number of hydrogen-bond donors (Lipinski definition) is 2. The summed E-state index contributed by atoms with van der Waals surface area (Å²) in [7, 11) is -3.58. The van der Waals surface area contributed by atoms with Gasteiger partial charge in [-0.15, -0.1) is 0 Å². The van der Waals surface area contributed by atoms with Gasteiger partial charge in [-0.3, -0.25) is 10.1 Å². The van der Waals surface area contributed by atoms with Gasteiger partial charge in [0, 0.05) is 23.4 Å². The zero-order valence-electron chi connectivity index (χ0n) is 11.7. The number of aliphatic hydroxyl groups excluding tert-OH is 1. The van der Waals surface area contributed by atoms with Crippen LogP contribution in [0.2, 0.25) is 0 Å². The van der Waals surface area contributed by atoms with E-state index in [1.807, 2.05) is 0 Å². The van der Waals surface area contributed by atoms with E-state index in [4.69, 9.17) is 5.11 Å². The Balaban J connectivity index is 2.74. The Morgan fingerprint density at radius 1 is 1.38 bits per heavy atom. The average molecular weight is 334 g/mol. The number of thioether (sulfide) groups is 1. The van der Waals surface area contributed by atoms with Crippen LogP contribution in [0.1, 0.15) is 12.5 Å². The summed E-state index contributed by atoms with van der Waals surface area (Å²) >= 11 is 1.38. The van der Waals surface area contributed by atoms with Gasteiger partial charge in [0.1, 0.15) is 0 Å². The highest BCUT2D eigenvalue weighted by atomic mass is 32.2. The zero-order chi connectivity index (χ0) is 16.0. The molecule has 1 rings (SSSR count). The van der Waals surface area contributed by atoms with E-state index in [1.165, 1.54) is 36.0 Å². The Hall–Kier alpha value is -1.16. The third kappa shape index (κ3) is 5.62. The third-order valence-corrected chi connectivity index (χ3v) is 5.52. The highest BCUT2D eigenvalue weighted by Gasteiger charge is 2.21. The molecule has 7 nitrogen and oxygen atoms in total. The number of benzene rings is 1. The molecule has 2 N–H and O–H groups in total. The van der Waals surface area contributed by atoms with Crippen LogP contribution in [-0.4, -0.2) is 42.6 Å². The first kappa shape index (κ1) is 17.9. The van der Waals surface area contributed by atoms with E-state index in [9.17, 15) is 18.5 Å². The van der Waals surface area contributed by atoms with Crippen molar-refractivity contribution in [2.24, 2.45) is 0 Å². The molecule has 0 bridgehead atoms. The van der Waals surface area contributed by atoms with Crippen LogP contribution < -0.4 is 4.72 Å². The van der Waals surface area contributed by atoms with Gasteiger partial charge in [0.05, 0.1) is 17.3 Å². The lowest BCUT2D eigenvalue weighted by Crippen LogP contribution is -2.41. The van der Waals surface area contributed by atoms with Crippen molar-refractivity contribution in [2.75, 3.05) is 12.9 Å². The van der Waals surface area contributed by atoms with Gasteiger partial charge in [-0.05, 0) is 18.7 Å². The van der Waals surface area contributed by atoms with Gasteiger partial charge in [-0.1, -0.05) is 12.1 Å². The van der Waals surface area contributed by atoms with Crippen molar-refractivity contribution < 1.29 is 18.4 Å². The Morgan fingerprint density at radius 2 is 1.95 bits per heavy atom. The smallest absolute Gasteiger partial charge is 0.269 e. The third-order valence-electron chi connectivity index (χ3n) is 2.91. The molecule has 0 fully saturated rings. The minimum atomic E-state index is -3.58. The number of nitro benzene ring substituents is 1. The second kappa shape index (κ2) is 7.74. The van der Waals surface area contributed by atoms with Crippen molar-refractivity contribution >= 4 is 27.5 Å². The Labute approximate surface area is 128 Å². The predicted molar refractivity (Wildman–Crippen MR) is 82.7 cm³/mol. The molecule has 0 aromatic heterocycles. The monoisotopic (exact) mass is 334 g/mol. The molecule has 118 valence electrons. The van der Waals surface area contributed by atoms with Gasteiger partial charge in [0.25, 0.3) is 5.69 Å². The molecule has 9 heteroatoms. The summed E-state index contributed by atoms with van der Waals surface area (Å²) in [5.41, 5.74) is 0.380. The fraction of sp³-hybridized carbons (Fsp3) is 0.500. The number of sulfonamides is 1. The van der Waals surface area contributed by atoms with Gasteiger partial charge in [-0.2, -0.15) is 11.8 Å². The van der Waals surface area contributed by atoms with Gasteiger partial charge >= 0.3 is 0 Å². The maximum absolute atomic E-state index is 12.0. The van der Waals surface area contributed by atoms with Crippen molar-refractivity contribution in [3.05, 3.63) is 39.9 Å². The van der Waals surface area contributed by atoms with Gasteiger partial charge in [-0.25, -0.2) is 13.1 Å². The Kier molecular flexibility index (Phi) is 6.59. The number of nitrogens with zero attached hydrogens (tertiary/aromatic N) is 1. The highest BCUT2D eigenvalue weighted by molar-refractivity contribution is 7.99. The molecule has 0 aliphatic carbocycles. The minimum Gasteiger partial charge on any atom is -0.395 e. The van der Waals surface area contributed by atoms with Crippen LogP contribution >= 0.6 is 11.8 Å². The van der Waals surface area contributed by atoms with Crippen LogP contribution in [0, 0.1) is 10.1 Å². The minimum absolute atomic E-state index is 0.0831.